The minimum Gasteiger partial charge on any atom is -0.497 e. The highest BCUT2D eigenvalue weighted by atomic mass is 16.5. The van der Waals surface area contributed by atoms with Gasteiger partial charge in [0, 0.05) is 11.8 Å². The molecule has 158 valence electrons. The maximum atomic E-state index is 12.0. The van der Waals surface area contributed by atoms with Gasteiger partial charge in [0.15, 0.2) is 6.61 Å². The van der Waals surface area contributed by atoms with Crippen LogP contribution in [0.1, 0.15) is 25.0 Å². The summed E-state index contributed by atoms with van der Waals surface area (Å²) in [6.07, 6.45) is 3.70. The molecule has 0 aliphatic carbocycles. The van der Waals surface area contributed by atoms with E-state index in [1.54, 1.807) is 43.5 Å². The Morgan fingerprint density at radius 2 is 1.77 bits per heavy atom. The van der Waals surface area contributed by atoms with Crippen molar-refractivity contribution in [1.82, 2.24) is 5.32 Å². The van der Waals surface area contributed by atoms with Gasteiger partial charge < -0.3 is 20.1 Å². The van der Waals surface area contributed by atoms with Crippen molar-refractivity contribution in [1.29, 1.82) is 0 Å². The van der Waals surface area contributed by atoms with Gasteiger partial charge in [-0.15, -0.1) is 0 Å². The summed E-state index contributed by atoms with van der Waals surface area (Å²) in [4.78, 5) is 36.1. The maximum Gasteiger partial charge on any atom is 0.328 e. The standard InChI is InChI=1S/C23H26N2O5/c1-4-18-7-5-6-8-20(18)25-22(27)15-30-23(28)16(2)24-21(26)14-11-17-9-12-19(29-3)13-10-17/h5-14,16H,4,15H2,1-3H3,(H,24,26)(H,25,27)/b14-11+/t16-/m0/s1. The van der Waals surface area contributed by atoms with Gasteiger partial charge in [-0.3, -0.25) is 9.59 Å². The molecular weight excluding hydrogens is 384 g/mol. The molecule has 0 heterocycles. The zero-order chi connectivity index (χ0) is 21.9. The van der Waals surface area contributed by atoms with E-state index >= 15 is 0 Å². The van der Waals surface area contributed by atoms with Crippen LogP contribution < -0.4 is 15.4 Å². The van der Waals surface area contributed by atoms with E-state index < -0.39 is 30.4 Å². The molecule has 2 N–H and O–H groups in total. The predicted octanol–water partition coefficient (Wildman–Crippen LogP) is 2.96. The van der Waals surface area contributed by atoms with Crippen LogP contribution in [0.15, 0.2) is 54.6 Å². The second-order valence-corrected chi connectivity index (χ2v) is 6.50. The molecule has 0 bridgehead atoms. The molecule has 30 heavy (non-hydrogen) atoms. The van der Waals surface area contributed by atoms with Gasteiger partial charge in [-0.25, -0.2) is 4.79 Å². The van der Waals surface area contributed by atoms with Crippen molar-refractivity contribution in [3.63, 3.8) is 0 Å². The van der Waals surface area contributed by atoms with Gasteiger partial charge in [-0.1, -0.05) is 37.3 Å². The number of para-hydroxylation sites is 1. The Morgan fingerprint density at radius 1 is 1.07 bits per heavy atom. The second kappa shape index (κ2) is 11.4. The summed E-state index contributed by atoms with van der Waals surface area (Å²) in [6.45, 7) is 3.04. The lowest BCUT2D eigenvalue weighted by Gasteiger charge is -2.13. The molecule has 0 radical (unpaired) electrons. The number of nitrogens with one attached hydrogen (secondary N) is 2. The van der Waals surface area contributed by atoms with E-state index in [4.69, 9.17) is 9.47 Å². The Labute approximate surface area is 176 Å². The van der Waals surface area contributed by atoms with Gasteiger partial charge in [0.25, 0.3) is 5.91 Å². The minimum atomic E-state index is -0.895. The first kappa shape index (κ1) is 22.7. The molecule has 7 nitrogen and oxygen atoms in total. The first-order valence-electron chi connectivity index (χ1n) is 9.60. The van der Waals surface area contributed by atoms with Crippen LogP contribution in [0.2, 0.25) is 0 Å². The van der Waals surface area contributed by atoms with Gasteiger partial charge in [0.05, 0.1) is 7.11 Å². The van der Waals surface area contributed by atoms with Crippen LogP contribution in [0.4, 0.5) is 5.69 Å². The molecule has 0 saturated carbocycles. The highest BCUT2D eigenvalue weighted by Crippen LogP contribution is 2.15. The lowest BCUT2D eigenvalue weighted by atomic mass is 10.1. The molecule has 1 atom stereocenters. The van der Waals surface area contributed by atoms with Crippen molar-refractivity contribution in [3.8, 4) is 5.75 Å². The summed E-state index contributed by atoms with van der Waals surface area (Å²) in [6, 6.07) is 13.7. The number of esters is 1. The minimum absolute atomic E-state index is 0.432. The molecule has 0 fully saturated rings. The summed E-state index contributed by atoms with van der Waals surface area (Å²) < 4.78 is 10.1. The molecule has 0 aliphatic heterocycles. The predicted molar refractivity (Wildman–Crippen MR) is 115 cm³/mol. The molecule has 0 aliphatic rings. The number of benzene rings is 2. The summed E-state index contributed by atoms with van der Waals surface area (Å²) in [5.41, 5.74) is 2.48. The van der Waals surface area contributed by atoms with E-state index in [9.17, 15) is 14.4 Å². The van der Waals surface area contributed by atoms with Gasteiger partial charge >= 0.3 is 5.97 Å². The highest BCUT2D eigenvalue weighted by Gasteiger charge is 2.17. The zero-order valence-electron chi connectivity index (χ0n) is 17.3. The SMILES string of the molecule is CCc1ccccc1NC(=O)COC(=O)[C@H](C)NC(=O)/C=C/c1ccc(OC)cc1. The van der Waals surface area contributed by atoms with Crippen LogP contribution in [0.3, 0.4) is 0 Å². The lowest BCUT2D eigenvalue weighted by molar-refractivity contribution is -0.149. The molecule has 0 spiro atoms. The van der Waals surface area contributed by atoms with Crippen molar-refractivity contribution < 1.29 is 23.9 Å². The van der Waals surface area contributed by atoms with Crippen LogP contribution in [0.5, 0.6) is 5.75 Å². The smallest absolute Gasteiger partial charge is 0.328 e. The van der Waals surface area contributed by atoms with E-state index in [0.29, 0.717) is 5.69 Å². The summed E-state index contributed by atoms with van der Waals surface area (Å²) in [7, 11) is 1.58. The Bertz CT molecular complexity index is 906. The molecule has 2 rings (SSSR count). The van der Waals surface area contributed by atoms with Crippen molar-refractivity contribution >= 4 is 29.5 Å². The van der Waals surface area contributed by atoms with Crippen LogP contribution in [0, 0.1) is 0 Å². The Hall–Kier alpha value is -3.61. The molecule has 0 saturated heterocycles. The summed E-state index contributed by atoms with van der Waals surface area (Å²) in [5, 5.41) is 5.23. The van der Waals surface area contributed by atoms with Crippen molar-refractivity contribution in [2.45, 2.75) is 26.3 Å². The highest BCUT2D eigenvalue weighted by molar-refractivity contribution is 5.96. The molecule has 0 unspecified atom stereocenters. The zero-order valence-corrected chi connectivity index (χ0v) is 17.3. The first-order valence-corrected chi connectivity index (χ1v) is 9.60. The molecule has 2 amide bonds. The number of ether oxygens (including phenoxy) is 2. The molecular formula is C23H26N2O5. The number of carbonyl (C=O) groups is 3. The number of anilines is 1. The number of methoxy groups -OCH3 is 1. The van der Waals surface area contributed by atoms with E-state index in [1.165, 1.54) is 13.0 Å². The van der Waals surface area contributed by atoms with E-state index in [-0.39, 0.29) is 0 Å². The van der Waals surface area contributed by atoms with Crippen LogP contribution >= 0.6 is 0 Å². The number of hydrogen-bond acceptors (Lipinski definition) is 5. The average molecular weight is 410 g/mol. The van der Waals surface area contributed by atoms with Gasteiger partial charge in [0.2, 0.25) is 5.91 Å². The fraction of sp³-hybridized carbons (Fsp3) is 0.261. The first-order chi connectivity index (χ1) is 14.4. The average Bonchev–Trinajstić information content (AvgIpc) is 2.76. The third-order valence-electron chi connectivity index (χ3n) is 4.27. The number of hydrogen-bond donors (Lipinski definition) is 2. The Morgan fingerprint density at radius 3 is 2.43 bits per heavy atom. The van der Waals surface area contributed by atoms with Crippen molar-refractivity contribution in [2.75, 3.05) is 19.0 Å². The second-order valence-electron chi connectivity index (χ2n) is 6.50. The monoisotopic (exact) mass is 410 g/mol. The number of aryl methyl sites for hydroxylation is 1. The maximum absolute atomic E-state index is 12.0. The third kappa shape index (κ3) is 7.09. The Kier molecular flexibility index (Phi) is 8.62. The number of amides is 2. The largest absolute Gasteiger partial charge is 0.497 e. The number of rotatable bonds is 9. The van der Waals surface area contributed by atoms with Crippen LogP contribution in [-0.2, 0) is 25.5 Å². The van der Waals surface area contributed by atoms with Gasteiger partial charge in [-0.2, -0.15) is 0 Å². The molecule has 7 heteroatoms. The summed E-state index contributed by atoms with van der Waals surface area (Å²) in [5.74, 6) is -0.867. The van der Waals surface area contributed by atoms with E-state index in [1.807, 2.05) is 25.1 Å². The molecule has 0 aromatic heterocycles. The molecule has 2 aromatic rings. The quantitative estimate of drug-likeness (QED) is 0.490. The van der Waals surface area contributed by atoms with Crippen molar-refractivity contribution in [3.05, 3.63) is 65.7 Å². The fourth-order valence-electron chi connectivity index (χ4n) is 2.61. The van der Waals surface area contributed by atoms with Crippen LogP contribution in [-0.4, -0.2) is 37.5 Å². The topological polar surface area (TPSA) is 93.7 Å². The molecule has 2 aromatic carbocycles. The summed E-state index contributed by atoms with van der Waals surface area (Å²) >= 11 is 0. The lowest BCUT2D eigenvalue weighted by Crippen LogP contribution is -2.39. The van der Waals surface area contributed by atoms with Gasteiger partial charge in [0.1, 0.15) is 11.8 Å². The third-order valence-corrected chi connectivity index (χ3v) is 4.27. The van der Waals surface area contributed by atoms with Gasteiger partial charge in [-0.05, 0) is 48.7 Å². The van der Waals surface area contributed by atoms with Crippen LogP contribution in [0.25, 0.3) is 6.08 Å². The Balaban J connectivity index is 1.78. The number of carbonyl (C=O) groups excluding carboxylic acids is 3. The fourth-order valence-corrected chi connectivity index (χ4v) is 2.61. The normalized spacial score (nSPS) is 11.6. The van der Waals surface area contributed by atoms with Crippen molar-refractivity contribution in [2.24, 2.45) is 0 Å². The van der Waals surface area contributed by atoms with E-state index in [0.717, 1.165) is 23.3 Å². The van der Waals surface area contributed by atoms with E-state index in [2.05, 4.69) is 10.6 Å².